The number of aliphatic carboxylic acids is 1. The minimum atomic E-state index is -1.76. The second kappa shape index (κ2) is 2.00. The van der Waals surface area contributed by atoms with E-state index in [1.54, 1.807) is 0 Å². The fraction of sp³-hybridized carbons (Fsp3) is 0.500. The van der Waals surface area contributed by atoms with Crippen LogP contribution in [0.15, 0.2) is 0 Å². The lowest BCUT2D eigenvalue weighted by atomic mass is 10.8. The number of carboxylic acids is 1. The van der Waals surface area contributed by atoms with E-state index in [-0.39, 0.29) is 0 Å². The molecule has 0 aliphatic heterocycles. The summed E-state index contributed by atoms with van der Waals surface area (Å²) >= 11 is 4.57. The van der Waals surface area contributed by atoms with Gasteiger partial charge in [-0.1, -0.05) is 11.6 Å². The van der Waals surface area contributed by atoms with E-state index in [4.69, 9.17) is 10.2 Å². The molecule has 0 saturated heterocycles. The van der Waals surface area contributed by atoms with Crippen molar-refractivity contribution >= 4 is 17.6 Å². The summed E-state index contributed by atoms with van der Waals surface area (Å²) in [5, 5.41) is 15.4. The zero-order valence-corrected chi connectivity index (χ0v) is 3.51. The first kappa shape index (κ1) is 5.72. The lowest BCUT2D eigenvalue weighted by Crippen LogP contribution is -2.10. The zero-order valence-electron chi connectivity index (χ0n) is 2.76. The van der Waals surface area contributed by atoms with E-state index < -0.39 is 11.5 Å². The van der Waals surface area contributed by atoms with Gasteiger partial charge in [0.15, 0.2) is 0 Å². The van der Waals surface area contributed by atoms with Crippen molar-refractivity contribution < 1.29 is 15.0 Å². The molecule has 0 saturated carbocycles. The summed E-state index contributed by atoms with van der Waals surface area (Å²) in [5.74, 6) is -1.42. The Balaban J connectivity index is 3.26. The highest BCUT2D eigenvalue weighted by atomic mass is 35.5. The Morgan fingerprint density at radius 3 is 2.00 bits per heavy atom. The SMILES string of the molecule is O=C(O)C(O)Cl. The molecule has 0 rings (SSSR count). The molecule has 0 spiro atoms. The third-order valence-corrected chi connectivity index (χ3v) is 0.390. The number of rotatable bonds is 1. The van der Waals surface area contributed by atoms with Gasteiger partial charge in [-0.25, -0.2) is 4.79 Å². The van der Waals surface area contributed by atoms with Crippen LogP contribution in [0, 0.1) is 0 Å². The second-order valence-corrected chi connectivity index (χ2v) is 1.09. The number of alkyl halides is 1. The van der Waals surface area contributed by atoms with Crippen LogP contribution in [-0.4, -0.2) is 21.7 Å². The summed E-state index contributed by atoms with van der Waals surface area (Å²) in [7, 11) is 0. The monoisotopic (exact) mass is 110 g/mol. The van der Waals surface area contributed by atoms with Gasteiger partial charge in [-0.15, -0.1) is 0 Å². The van der Waals surface area contributed by atoms with E-state index in [9.17, 15) is 4.79 Å². The molecule has 6 heavy (non-hydrogen) atoms. The molecular formula is C2H3ClO3. The maximum Gasteiger partial charge on any atom is 0.348 e. The van der Waals surface area contributed by atoms with E-state index in [1.807, 2.05) is 0 Å². The number of aliphatic hydroxyl groups excluding tert-OH is 1. The van der Waals surface area contributed by atoms with Crippen LogP contribution in [0.5, 0.6) is 0 Å². The Bertz CT molecular complexity index is 59.8. The summed E-state index contributed by atoms with van der Waals surface area (Å²) in [6, 6.07) is 0. The van der Waals surface area contributed by atoms with Gasteiger partial charge in [0.25, 0.3) is 0 Å². The average molecular weight is 110 g/mol. The number of carbonyl (C=O) groups is 1. The van der Waals surface area contributed by atoms with E-state index >= 15 is 0 Å². The quantitative estimate of drug-likeness (QED) is 0.453. The lowest BCUT2D eigenvalue weighted by Gasteiger charge is -1.86. The smallest absolute Gasteiger partial charge is 0.348 e. The Labute approximate surface area is 39.2 Å². The number of hydrogen-bond acceptors (Lipinski definition) is 2. The van der Waals surface area contributed by atoms with Gasteiger partial charge in [0, 0.05) is 0 Å². The number of aliphatic hydroxyl groups is 1. The topological polar surface area (TPSA) is 57.5 Å². The molecule has 3 nitrogen and oxygen atoms in total. The molecule has 0 aromatic heterocycles. The molecule has 0 aliphatic carbocycles. The third kappa shape index (κ3) is 1.99. The van der Waals surface area contributed by atoms with Crippen molar-refractivity contribution in [2.45, 2.75) is 5.56 Å². The van der Waals surface area contributed by atoms with Crippen molar-refractivity contribution in [3.05, 3.63) is 0 Å². The Morgan fingerprint density at radius 1 is 1.83 bits per heavy atom. The van der Waals surface area contributed by atoms with Crippen molar-refractivity contribution in [3.63, 3.8) is 0 Å². The van der Waals surface area contributed by atoms with Gasteiger partial charge in [-0.2, -0.15) is 0 Å². The summed E-state index contributed by atoms with van der Waals surface area (Å²) in [5.41, 5.74) is -1.76. The van der Waals surface area contributed by atoms with Gasteiger partial charge in [0.1, 0.15) is 0 Å². The highest BCUT2D eigenvalue weighted by molar-refractivity contribution is 6.28. The first-order valence-corrected chi connectivity index (χ1v) is 1.63. The van der Waals surface area contributed by atoms with Crippen LogP contribution in [0.3, 0.4) is 0 Å². The Morgan fingerprint density at radius 2 is 2.00 bits per heavy atom. The minimum absolute atomic E-state index is 1.42. The molecule has 2 N–H and O–H groups in total. The Kier molecular flexibility index (Phi) is 1.90. The van der Waals surface area contributed by atoms with Crippen LogP contribution in [0.1, 0.15) is 0 Å². The minimum Gasteiger partial charge on any atom is -0.478 e. The van der Waals surface area contributed by atoms with Crippen LogP contribution in [0.2, 0.25) is 0 Å². The summed E-state index contributed by atoms with van der Waals surface area (Å²) in [4.78, 5) is 9.32. The van der Waals surface area contributed by atoms with Crippen LogP contribution < -0.4 is 0 Å². The van der Waals surface area contributed by atoms with Gasteiger partial charge in [-0.05, 0) is 0 Å². The molecule has 0 radical (unpaired) electrons. The summed E-state index contributed by atoms with van der Waals surface area (Å²) < 4.78 is 0. The fourth-order valence-corrected chi connectivity index (χ4v) is 0. The first-order chi connectivity index (χ1) is 2.64. The number of halogens is 1. The molecule has 0 amide bonds. The standard InChI is InChI=1S/C2H3ClO3/c3-1(4)2(5)6/h1,4H,(H,5,6). The van der Waals surface area contributed by atoms with Gasteiger partial charge >= 0.3 is 5.97 Å². The third-order valence-electron chi connectivity index (χ3n) is 0.204. The molecule has 0 aromatic rings. The molecule has 36 valence electrons. The lowest BCUT2D eigenvalue weighted by molar-refractivity contribution is -0.142. The highest BCUT2D eigenvalue weighted by Crippen LogP contribution is 1.85. The molecular weight excluding hydrogens is 107 g/mol. The van der Waals surface area contributed by atoms with E-state index in [2.05, 4.69) is 11.6 Å². The second-order valence-electron chi connectivity index (χ2n) is 0.674. The van der Waals surface area contributed by atoms with Crippen LogP contribution in [0.25, 0.3) is 0 Å². The van der Waals surface area contributed by atoms with Gasteiger partial charge in [-0.3, -0.25) is 0 Å². The molecule has 0 fully saturated rings. The maximum atomic E-state index is 9.32. The fourth-order valence-electron chi connectivity index (χ4n) is 0. The first-order valence-electron chi connectivity index (χ1n) is 1.19. The van der Waals surface area contributed by atoms with Crippen molar-refractivity contribution in [1.29, 1.82) is 0 Å². The highest BCUT2D eigenvalue weighted by Gasteiger charge is 2.04. The van der Waals surface area contributed by atoms with E-state index in [0.717, 1.165) is 0 Å². The molecule has 0 aliphatic rings. The molecule has 0 heterocycles. The van der Waals surface area contributed by atoms with Gasteiger partial charge < -0.3 is 10.2 Å². The summed E-state index contributed by atoms with van der Waals surface area (Å²) in [6.45, 7) is 0. The van der Waals surface area contributed by atoms with E-state index in [1.165, 1.54) is 0 Å². The zero-order chi connectivity index (χ0) is 5.15. The normalized spacial score (nSPS) is 13.7. The van der Waals surface area contributed by atoms with Gasteiger partial charge in [0.05, 0.1) is 0 Å². The van der Waals surface area contributed by atoms with Crippen LogP contribution >= 0.6 is 11.6 Å². The van der Waals surface area contributed by atoms with Crippen molar-refractivity contribution in [3.8, 4) is 0 Å². The molecule has 0 aromatic carbocycles. The van der Waals surface area contributed by atoms with Gasteiger partial charge in [0.2, 0.25) is 5.56 Å². The maximum absolute atomic E-state index is 9.32. The predicted octanol–water partition coefficient (Wildman–Crippen LogP) is -0.372. The largest absolute Gasteiger partial charge is 0.478 e. The molecule has 1 unspecified atom stereocenters. The van der Waals surface area contributed by atoms with Crippen LogP contribution in [-0.2, 0) is 4.79 Å². The van der Waals surface area contributed by atoms with E-state index in [0.29, 0.717) is 0 Å². The molecule has 1 atom stereocenters. The predicted molar refractivity (Wildman–Crippen MR) is 19.5 cm³/mol. The number of carboxylic acid groups (broad SMARTS) is 1. The summed E-state index contributed by atoms with van der Waals surface area (Å²) in [6.07, 6.45) is 0. The van der Waals surface area contributed by atoms with Crippen molar-refractivity contribution in [2.24, 2.45) is 0 Å². The van der Waals surface area contributed by atoms with Crippen molar-refractivity contribution in [1.82, 2.24) is 0 Å². The Hall–Kier alpha value is -0.280. The van der Waals surface area contributed by atoms with Crippen molar-refractivity contribution in [2.75, 3.05) is 0 Å². The van der Waals surface area contributed by atoms with Crippen LogP contribution in [0.4, 0.5) is 0 Å². The average Bonchev–Trinajstić information content (AvgIpc) is 1.36. The molecule has 0 bridgehead atoms. The number of hydrogen-bond donors (Lipinski definition) is 2. The molecule has 4 heteroatoms.